The lowest BCUT2D eigenvalue weighted by Crippen LogP contribution is -2.06. The van der Waals surface area contributed by atoms with Gasteiger partial charge < -0.3 is 20.1 Å². The molecule has 0 bridgehead atoms. The molecule has 0 fully saturated rings. The first-order chi connectivity index (χ1) is 14.0. The second-order valence-electron chi connectivity index (χ2n) is 6.50. The van der Waals surface area contributed by atoms with Gasteiger partial charge in [-0.25, -0.2) is 0 Å². The fourth-order valence-electron chi connectivity index (χ4n) is 2.82. The molecule has 150 valence electrons. The van der Waals surface area contributed by atoms with Crippen LogP contribution in [0.1, 0.15) is 18.1 Å². The average molecular weight is 455 g/mol. The number of hydrogen-bond donors (Lipinski definition) is 2. The van der Waals surface area contributed by atoms with Crippen molar-refractivity contribution < 1.29 is 14.3 Å². The Balaban J connectivity index is 1.65. The first-order valence-corrected chi connectivity index (χ1v) is 9.99. The van der Waals surface area contributed by atoms with Crippen LogP contribution in [0.25, 0.3) is 0 Å². The number of carbonyl (C=O) groups excluding carboxylic acids is 1. The predicted molar refractivity (Wildman–Crippen MR) is 120 cm³/mol. The minimum absolute atomic E-state index is 0.0859. The fourth-order valence-corrected chi connectivity index (χ4v) is 3.43. The van der Waals surface area contributed by atoms with Gasteiger partial charge in [-0.15, -0.1) is 0 Å². The summed E-state index contributed by atoms with van der Waals surface area (Å²) in [6.07, 6.45) is 0. The molecule has 0 aromatic heterocycles. The molecule has 0 radical (unpaired) electrons. The largest absolute Gasteiger partial charge is 0.493 e. The number of benzene rings is 3. The van der Waals surface area contributed by atoms with Gasteiger partial charge in [0.15, 0.2) is 11.5 Å². The van der Waals surface area contributed by atoms with Gasteiger partial charge in [-0.1, -0.05) is 30.3 Å². The van der Waals surface area contributed by atoms with Gasteiger partial charge in [-0.2, -0.15) is 0 Å². The summed E-state index contributed by atoms with van der Waals surface area (Å²) in [5, 5.41) is 6.12. The van der Waals surface area contributed by atoms with E-state index >= 15 is 0 Å². The standard InChI is InChI=1S/C23H23BrN2O3/c1-16(27)26-20-10-8-19(9-11-20)25-14-18-12-21(24)23(22(13-18)28-2)29-15-17-6-4-3-5-7-17/h3-13,25H,14-15H2,1-2H3,(H,26,27). The molecule has 3 aromatic carbocycles. The van der Waals surface area contributed by atoms with E-state index < -0.39 is 0 Å². The van der Waals surface area contributed by atoms with Crippen molar-refractivity contribution in [3.05, 3.63) is 82.3 Å². The van der Waals surface area contributed by atoms with Crippen molar-refractivity contribution >= 4 is 33.2 Å². The molecule has 0 atom stereocenters. The van der Waals surface area contributed by atoms with Gasteiger partial charge in [-0.05, 0) is 63.5 Å². The van der Waals surface area contributed by atoms with Crippen LogP contribution in [0, 0.1) is 0 Å². The van der Waals surface area contributed by atoms with Crippen LogP contribution < -0.4 is 20.1 Å². The SMILES string of the molecule is COc1cc(CNc2ccc(NC(C)=O)cc2)cc(Br)c1OCc1ccccc1. The Hall–Kier alpha value is -2.99. The molecule has 0 heterocycles. The minimum atomic E-state index is -0.0859. The van der Waals surface area contributed by atoms with E-state index in [2.05, 4.69) is 26.6 Å². The Labute approximate surface area is 179 Å². The fraction of sp³-hybridized carbons (Fsp3) is 0.174. The molecule has 0 aliphatic rings. The number of nitrogens with one attached hydrogen (secondary N) is 2. The lowest BCUT2D eigenvalue weighted by atomic mass is 10.2. The molecular weight excluding hydrogens is 432 g/mol. The van der Waals surface area contributed by atoms with Crippen LogP contribution in [-0.2, 0) is 17.9 Å². The number of amides is 1. The van der Waals surface area contributed by atoms with Crippen LogP contribution in [-0.4, -0.2) is 13.0 Å². The Bertz CT molecular complexity index is 960. The summed E-state index contributed by atoms with van der Waals surface area (Å²) < 4.78 is 12.4. The van der Waals surface area contributed by atoms with Crippen molar-refractivity contribution in [3.8, 4) is 11.5 Å². The average Bonchev–Trinajstić information content (AvgIpc) is 2.72. The molecule has 29 heavy (non-hydrogen) atoms. The number of ether oxygens (including phenoxy) is 2. The minimum Gasteiger partial charge on any atom is -0.493 e. The molecule has 0 aliphatic heterocycles. The number of hydrogen-bond acceptors (Lipinski definition) is 4. The normalized spacial score (nSPS) is 10.3. The zero-order valence-electron chi connectivity index (χ0n) is 16.4. The summed E-state index contributed by atoms with van der Waals surface area (Å²) >= 11 is 3.60. The highest BCUT2D eigenvalue weighted by molar-refractivity contribution is 9.10. The van der Waals surface area contributed by atoms with Crippen LogP contribution in [0.15, 0.2) is 71.2 Å². The summed E-state index contributed by atoms with van der Waals surface area (Å²) in [6.45, 7) is 2.58. The number of anilines is 2. The third kappa shape index (κ3) is 5.99. The van der Waals surface area contributed by atoms with Gasteiger partial charge in [0.25, 0.3) is 0 Å². The van der Waals surface area contributed by atoms with Gasteiger partial charge in [0.2, 0.25) is 5.91 Å². The smallest absolute Gasteiger partial charge is 0.221 e. The number of halogens is 1. The van der Waals surface area contributed by atoms with Gasteiger partial charge in [0.1, 0.15) is 6.61 Å². The highest BCUT2D eigenvalue weighted by Gasteiger charge is 2.12. The molecule has 3 rings (SSSR count). The molecule has 6 heteroatoms. The summed E-state index contributed by atoms with van der Waals surface area (Å²) in [6, 6.07) is 21.6. The van der Waals surface area contributed by atoms with E-state index in [4.69, 9.17) is 9.47 Å². The lowest BCUT2D eigenvalue weighted by Gasteiger charge is -2.15. The topological polar surface area (TPSA) is 59.6 Å². The van der Waals surface area contributed by atoms with E-state index in [1.165, 1.54) is 6.92 Å². The van der Waals surface area contributed by atoms with Crippen LogP contribution in [0.5, 0.6) is 11.5 Å². The molecule has 0 aliphatic carbocycles. The van der Waals surface area contributed by atoms with Crippen molar-refractivity contribution in [2.75, 3.05) is 17.7 Å². The van der Waals surface area contributed by atoms with E-state index in [-0.39, 0.29) is 5.91 Å². The maximum atomic E-state index is 11.1. The van der Waals surface area contributed by atoms with Crippen molar-refractivity contribution in [1.29, 1.82) is 0 Å². The summed E-state index contributed by atoms with van der Waals surface area (Å²) in [5.74, 6) is 1.27. The van der Waals surface area contributed by atoms with E-state index in [0.29, 0.717) is 24.7 Å². The zero-order valence-corrected chi connectivity index (χ0v) is 18.0. The number of carbonyl (C=O) groups is 1. The van der Waals surface area contributed by atoms with Crippen molar-refractivity contribution in [3.63, 3.8) is 0 Å². The first kappa shape index (κ1) is 20.7. The summed E-state index contributed by atoms with van der Waals surface area (Å²) in [5.41, 5.74) is 3.87. The van der Waals surface area contributed by atoms with E-state index in [9.17, 15) is 4.79 Å². The van der Waals surface area contributed by atoms with E-state index in [0.717, 1.165) is 27.0 Å². The predicted octanol–water partition coefficient (Wildman–Crippen LogP) is 5.61. The first-order valence-electron chi connectivity index (χ1n) is 9.20. The van der Waals surface area contributed by atoms with Crippen molar-refractivity contribution in [2.45, 2.75) is 20.1 Å². The van der Waals surface area contributed by atoms with Gasteiger partial charge >= 0.3 is 0 Å². The second-order valence-corrected chi connectivity index (χ2v) is 7.35. The number of rotatable bonds is 8. The Morgan fingerprint density at radius 1 is 0.966 bits per heavy atom. The third-order valence-corrected chi connectivity index (χ3v) is 4.81. The molecule has 3 aromatic rings. The summed E-state index contributed by atoms with van der Waals surface area (Å²) in [4.78, 5) is 11.1. The maximum absolute atomic E-state index is 11.1. The highest BCUT2D eigenvalue weighted by atomic mass is 79.9. The van der Waals surface area contributed by atoms with Crippen molar-refractivity contribution in [2.24, 2.45) is 0 Å². The molecule has 0 saturated heterocycles. The molecular formula is C23H23BrN2O3. The Morgan fingerprint density at radius 3 is 2.31 bits per heavy atom. The Morgan fingerprint density at radius 2 is 1.66 bits per heavy atom. The highest BCUT2D eigenvalue weighted by Crippen LogP contribution is 2.37. The molecule has 5 nitrogen and oxygen atoms in total. The van der Waals surface area contributed by atoms with Crippen molar-refractivity contribution in [1.82, 2.24) is 0 Å². The molecule has 0 unspecified atom stereocenters. The molecule has 1 amide bonds. The van der Waals surface area contributed by atoms with Crippen LogP contribution >= 0.6 is 15.9 Å². The van der Waals surface area contributed by atoms with E-state index in [1.807, 2.05) is 66.7 Å². The van der Waals surface area contributed by atoms with Gasteiger partial charge in [0, 0.05) is 24.8 Å². The van der Waals surface area contributed by atoms with E-state index in [1.54, 1.807) is 7.11 Å². The van der Waals surface area contributed by atoms with Crippen LogP contribution in [0.4, 0.5) is 11.4 Å². The second kappa shape index (κ2) is 9.98. The molecule has 0 spiro atoms. The summed E-state index contributed by atoms with van der Waals surface area (Å²) in [7, 11) is 1.63. The monoisotopic (exact) mass is 454 g/mol. The van der Waals surface area contributed by atoms with Crippen LogP contribution in [0.3, 0.4) is 0 Å². The quantitative estimate of drug-likeness (QED) is 0.464. The number of methoxy groups -OCH3 is 1. The molecule has 2 N–H and O–H groups in total. The maximum Gasteiger partial charge on any atom is 0.221 e. The van der Waals surface area contributed by atoms with Gasteiger partial charge in [0.05, 0.1) is 11.6 Å². The lowest BCUT2D eigenvalue weighted by molar-refractivity contribution is -0.114. The zero-order chi connectivity index (χ0) is 20.6. The van der Waals surface area contributed by atoms with Gasteiger partial charge in [-0.3, -0.25) is 4.79 Å². The Kier molecular flexibility index (Phi) is 7.14. The van der Waals surface area contributed by atoms with Crippen LogP contribution in [0.2, 0.25) is 0 Å². The third-order valence-electron chi connectivity index (χ3n) is 4.22. The molecule has 0 saturated carbocycles.